The largest absolute Gasteiger partial charge is 0.342 e. The van der Waals surface area contributed by atoms with Crippen LogP contribution in [0.2, 0.25) is 5.02 Å². The number of halogens is 1. The van der Waals surface area contributed by atoms with Gasteiger partial charge in [-0.15, -0.1) is 0 Å². The molecule has 3 aliphatic rings. The molecule has 7 heteroatoms. The van der Waals surface area contributed by atoms with Crippen molar-refractivity contribution in [3.63, 3.8) is 0 Å². The Bertz CT molecular complexity index is 959. The predicted octanol–water partition coefficient (Wildman–Crippen LogP) is 4.24. The van der Waals surface area contributed by atoms with Gasteiger partial charge >= 0.3 is 0 Å². The number of carbonyl (C=O) groups is 3. The highest BCUT2D eigenvalue weighted by molar-refractivity contribution is 6.30. The number of ketones is 1. The minimum atomic E-state index is -0.0965. The zero-order valence-corrected chi connectivity index (χ0v) is 22.3. The van der Waals surface area contributed by atoms with Crippen molar-refractivity contribution in [3.8, 4) is 0 Å². The highest BCUT2D eigenvalue weighted by atomic mass is 35.5. The van der Waals surface area contributed by atoms with Gasteiger partial charge in [0.2, 0.25) is 11.8 Å². The normalized spacial score (nSPS) is 24.1. The Kier molecular flexibility index (Phi) is 8.54. The first kappa shape index (κ1) is 26.2. The molecule has 1 aromatic carbocycles. The Labute approximate surface area is 215 Å². The molecule has 35 heavy (non-hydrogen) atoms. The first-order chi connectivity index (χ1) is 16.7. The number of nitrogens with zero attached hydrogens (tertiary/aromatic N) is 3. The first-order valence-corrected chi connectivity index (χ1v) is 13.7. The van der Waals surface area contributed by atoms with Crippen molar-refractivity contribution in [2.75, 3.05) is 32.7 Å². The molecule has 0 spiro atoms. The van der Waals surface area contributed by atoms with E-state index >= 15 is 0 Å². The third-order valence-electron chi connectivity index (χ3n) is 8.37. The maximum absolute atomic E-state index is 13.1. The molecule has 3 fully saturated rings. The van der Waals surface area contributed by atoms with Gasteiger partial charge in [-0.3, -0.25) is 19.3 Å². The van der Waals surface area contributed by atoms with Crippen molar-refractivity contribution < 1.29 is 14.4 Å². The lowest BCUT2D eigenvalue weighted by atomic mass is 9.88. The topological polar surface area (TPSA) is 60.9 Å². The summed E-state index contributed by atoms with van der Waals surface area (Å²) in [4.78, 5) is 44.1. The van der Waals surface area contributed by atoms with E-state index in [2.05, 4.69) is 23.6 Å². The Hall–Kier alpha value is -1.92. The van der Waals surface area contributed by atoms with Crippen LogP contribution in [0.25, 0.3) is 0 Å². The Morgan fingerprint density at radius 3 is 2.31 bits per heavy atom. The molecule has 0 aromatic heterocycles. The van der Waals surface area contributed by atoms with Gasteiger partial charge in [0.05, 0.1) is 0 Å². The molecule has 0 radical (unpaired) electrons. The van der Waals surface area contributed by atoms with Gasteiger partial charge in [0.25, 0.3) is 0 Å². The average Bonchev–Trinajstić information content (AvgIpc) is 3.37. The molecule has 2 atom stereocenters. The summed E-state index contributed by atoms with van der Waals surface area (Å²) >= 11 is 6.50. The predicted molar refractivity (Wildman–Crippen MR) is 138 cm³/mol. The second-order valence-corrected chi connectivity index (χ2v) is 11.3. The third kappa shape index (κ3) is 6.26. The number of benzene rings is 1. The number of hydrogen-bond acceptors (Lipinski definition) is 4. The third-order valence-corrected chi connectivity index (χ3v) is 8.59. The summed E-state index contributed by atoms with van der Waals surface area (Å²) in [7, 11) is 0. The monoisotopic (exact) mass is 501 g/mol. The number of hydrogen-bond donors (Lipinski definition) is 0. The van der Waals surface area contributed by atoms with E-state index in [0.717, 1.165) is 75.1 Å². The van der Waals surface area contributed by atoms with Crippen LogP contribution in [0.1, 0.15) is 69.1 Å². The van der Waals surface area contributed by atoms with E-state index < -0.39 is 0 Å². The maximum atomic E-state index is 13.1. The van der Waals surface area contributed by atoms with Gasteiger partial charge in [-0.05, 0) is 68.4 Å². The highest BCUT2D eigenvalue weighted by Crippen LogP contribution is 2.29. The molecular formula is C28H40ClN3O3. The number of piperidine rings is 1. The molecule has 1 unspecified atom stereocenters. The van der Waals surface area contributed by atoms with Gasteiger partial charge in [0, 0.05) is 75.5 Å². The fraction of sp³-hybridized carbons (Fsp3) is 0.679. The van der Waals surface area contributed by atoms with Crippen LogP contribution < -0.4 is 0 Å². The van der Waals surface area contributed by atoms with E-state index in [9.17, 15) is 14.4 Å². The average molecular weight is 502 g/mol. The second-order valence-electron chi connectivity index (χ2n) is 10.9. The summed E-state index contributed by atoms with van der Waals surface area (Å²) in [5.74, 6) is 0.718. The Morgan fingerprint density at radius 1 is 0.943 bits per heavy atom. The highest BCUT2D eigenvalue weighted by Gasteiger charge is 2.33. The summed E-state index contributed by atoms with van der Waals surface area (Å²) in [5, 5.41) is 0.658. The number of amides is 2. The molecule has 6 nitrogen and oxygen atoms in total. The number of likely N-dealkylation sites (tertiary alicyclic amines) is 1. The van der Waals surface area contributed by atoms with Crippen molar-refractivity contribution in [1.29, 1.82) is 0 Å². The SMILES string of the molecule is CC(=O)N1CCCC(C(=O)Cc2cc(Cl)cc(CN3CCN(C(=O)C4CCCC4)[C@@H](C)C3)c2C)C1. The number of Topliss-reactive ketones (excluding diaryl/α,β-unsaturated/α-hetero) is 1. The molecule has 2 heterocycles. The van der Waals surface area contributed by atoms with Crippen LogP contribution in [0.5, 0.6) is 0 Å². The Morgan fingerprint density at radius 2 is 1.63 bits per heavy atom. The van der Waals surface area contributed by atoms with Crippen molar-refractivity contribution >= 4 is 29.2 Å². The number of piperazine rings is 1. The summed E-state index contributed by atoms with van der Waals surface area (Å²) < 4.78 is 0. The van der Waals surface area contributed by atoms with Crippen molar-refractivity contribution in [3.05, 3.63) is 33.8 Å². The fourth-order valence-corrected chi connectivity index (χ4v) is 6.42. The van der Waals surface area contributed by atoms with Crippen LogP contribution >= 0.6 is 11.6 Å². The number of carbonyl (C=O) groups excluding carboxylic acids is 3. The van der Waals surface area contributed by atoms with Crippen LogP contribution in [0.4, 0.5) is 0 Å². The molecule has 0 bridgehead atoms. The van der Waals surface area contributed by atoms with E-state index in [0.29, 0.717) is 23.9 Å². The summed E-state index contributed by atoms with van der Waals surface area (Å²) in [5.41, 5.74) is 3.26. The maximum Gasteiger partial charge on any atom is 0.226 e. The molecule has 2 saturated heterocycles. The van der Waals surface area contributed by atoms with E-state index in [1.807, 2.05) is 12.1 Å². The second kappa shape index (κ2) is 11.4. The van der Waals surface area contributed by atoms with Crippen molar-refractivity contribution in [2.45, 2.75) is 78.3 Å². The van der Waals surface area contributed by atoms with Gasteiger partial charge in [-0.2, -0.15) is 0 Å². The van der Waals surface area contributed by atoms with Crippen LogP contribution in [0, 0.1) is 18.8 Å². The lowest BCUT2D eigenvalue weighted by Crippen LogP contribution is -2.54. The number of rotatable bonds is 6. The fourth-order valence-electron chi connectivity index (χ4n) is 6.16. The molecule has 2 amide bonds. The molecule has 1 saturated carbocycles. The van der Waals surface area contributed by atoms with Gasteiger partial charge in [-0.1, -0.05) is 24.4 Å². The molecule has 4 rings (SSSR count). The zero-order chi connectivity index (χ0) is 25.1. The summed E-state index contributed by atoms with van der Waals surface area (Å²) in [6.45, 7) is 10.3. The summed E-state index contributed by atoms with van der Waals surface area (Å²) in [6, 6.07) is 4.14. The van der Waals surface area contributed by atoms with Gasteiger partial charge < -0.3 is 9.80 Å². The molecule has 0 N–H and O–H groups in total. The van der Waals surface area contributed by atoms with E-state index in [4.69, 9.17) is 11.6 Å². The Balaban J connectivity index is 1.38. The minimum Gasteiger partial charge on any atom is -0.342 e. The lowest BCUT2D eigenvalue weighted by molar-refractivity contribution is -0.140. The van der Waals surface area contributed by atoms with Crippen LogP contribution in [-0.2, 0) is 27.3 Å². The van der Waals surface area contributed by atoms with E-state index in [-0.39, 0.29) is 29.6 Å². The first-order valence-electron chi connectivity index (χ1n) is 13.3. The molecule has 1 aromatic rings. The zero-order valence-electron chi connectivity index (χ0n) is 21.5. The van der Waals surface area contributed by atoms with E-state index in [1.165, 1.54) is 12.8 Å². The van der Waals surface area contributed by atoms with E-state index in [1.54, 1.807) is 11.8 Å². The van der Waals surface area contributed by atoms with Gasteiger partial charge in [0.1, 0.15) is 5.78 Å². The van der Waals surface area contributed by atoms with Crippen LogP contribution in [0.15, 0.2) is 12.1 Å². The van der Waals surface area contributed by atoms with Gasteiger partial charge in [-0.25, -0.2) is 0 Å². The molecule has 2 aliphatic heterocycles. The van der Waals surface area contributed by atoms with Gasteiger partial charge in [0.15, 0.2) is 0 Å². The summed E-state index contributed by atoms with van der Waals surface area (Å²) in [6.07, 6.45) is 6.53. The smallest absolute Gasteiger partial charge is 0.226 e. The van der Waals surface area contributed by atoms with Crippen molar-refractivity contribution in [2.24, 2.45) is 11.8 Å². The van der Waals surface area contributed by atoms with Crippen molar-refractivity contribution in [1.82, 2.24) is 14.7 Å². The standard InChI is InChI=1S/C28H40ClN3O3/c1-19-16-30(11-12-32(19)28(35)22-7-4-5-8-22)17-25-14-26(29)13-24(20(25)2)15-27(34)23-9-6-10-31(18-23)21(3)33/h13-14,19,22-23H,4-12,15-18H2,1-3H3/t19-,23?/m0/s1. The minimum absolute atomic E-state index is 0.0444. The molecular weight excluding hydrogens is 462 g/mol. The lowest BCUT2D eigenvalue weighted by Gasteiger charge is -2.41. The molecule has 192 valence electrons. The quantitative estimate of drug-likeness (QED) is 0.585. The molecule has 1 aliphatic carbocycles. The van der Waals surface area contributed by atoms with Crippen LogP contribution in [-0.4, -0.2) is 71.1 Å². The van der Waals surface area contributed by atoms with Crippen LogP contribution in [0.3, 0.4) is 0 Å².